The highest BCUT2D eigenvalue weighted by Gasteiger charge is 2.55. The van der Waals surface area contributed by atoms with Crippen molar-refractivity contribution in [2.75, 3.05) is 20.2 Å². The summed E-state index contributed by atoms with van der Waals surface area (Å²) in [6, 6.07) is -4.45. The van der Waals surface area contributed by atoms with E-state index in [0.717, 1.165) is 0 Å². The molecule has 18 N–H and O–H groups in total. The molecule has 4 heterocycles. The zero-order chi connectivity index (χ0) is 33.6. The van der Waals surface area contributed by atoms with Gasteiger partial charge in [0.1, 0.15) is 61.0 Å². The maximum Gasteiger partial charge on any atom is 0.189 e. The second kappa shape index (κ2) is 15.0. The molecule has 5 aliphatic rings. The minimum absolute atomic E-state index is 0.0882. The highest BCUT2D eigenvalue weighted by Crippen LogP contribution is 2.36. The third-order valence-electron chi connectivity index (χ3n) is 9.56. The minimum atomic E-state index is -1.57. The number of hydrogen-bond acceptors (Lipinski definition) is 20. The van der Waals surface area contributed by atoms with Crippen LogP contribution in [0.25, 0.3) is 0 Å². The number of aliphatic hydroxyl groups excluding tert-OH is 7. The first-order chi connectivity index (χ1) is 21.8. The number of nitrogens with two attached hydrogens (primary N) is 5. The van der Waals surface area contributed by atoms with Gasteiger partial charge in [-0.05, 0) is 19.9 Å². The third kappa shape index (κ3) is 6.95. The Labute approximate surface area is 264 Å². The van der Waals surface area contributed by atoms with E-state index in [2.05, 4.69) is 5.32 Å². The highest BCUT2D eigenvalue weighted by molar-refractivity contribution is 5.03. The van der Waals surface area contributed by atoms with Gasteiger partial charge in [0.05, 0.1) is 36.9 Å². The van der Waals surface area contributed by atoms with Crippen LogP contribution in [0.2, 0.25) is 0 Å². The van der Waals surface area contributed by atoms with E-state index in [1.807, 2.05) is 0 Å². The van der Waals surface area contributed by atoms with Crippen molar-refractivity contribution in [1.29, 1.82) is 0 Å². The summed E-state index contributed by atoms with van der Waals surface area (Å²) in [5.41, 5.74) is 30.4. The van der Waals surface area contributed by atoms with Crippen LogP contribution in [0.15, 0.2) is 0 Å². The van der Waals surface area contributed by atoms with Gasteiger partial charge in [-0.25, -0.2) is 0 Å². The quantitative estimate of drug-likeness (QED) is 0.108. The number of hydrogen-bond donors (Lipinski definition) is 13. The average Bonchev–Trinajstić information content (AvgIpc) is 3.30. The molecule has 5 rings (SSSR count). The molecule has 0 bridgehead atoms. The Bertz CT molecular complexity index is 993. The molecule has 0 spiro atoms. The molecule has 0 aromatic rings. The van der Waals surface area contributed by atoms with Crippen LogP contribution in [0, 0.1) is 0 Å². The van der Waals surface area contributed by atoms with E-state index in [1.54, 1.807) is 0 Å². The highest BCUT2D eigenvalue weighted by atomic mass is 16.8. The van der Waals surface area contributed by atoms with Crippen LogP contribution in [0.3, 0.4) is 0 Å². The predicted octanol–water partition coefficient (Wildman–Crippen LogP) is -8.52. The van der Waals surface area contributed by atoms with Gasteiger partial charge in [-0.3, -0.25) is 0 Å². The van der Waals surface area contributed by atoms with Gasteiger partial charge in [-0.15, -0.1) is 0 Å². The molecule has 3 unspecified atom stereocenters. The summed E-state index contributed by atoms with van der Waals surface area (Å²) < 4.78 is 41.3. The van der Waals surface area contributed by atoms with Gasteiger partial charge in [0.2, 0.25) is 0 Å². The first-order valence-electron chi connectivity index (χ1n) is 15.5. The molecular formula is C26H50N6O14. The van der Waals surface area contributed by atoms with Crippen LogP contribution in [0.5, 0.6) is 0 Å². The maximum absolute atomic E-state index is 11.4. The summed E-state index contributed by atoms with van der Waals surface area (Å²) in [7, 11) is 1.54. The molecule has 21 atom stereocenters. The molecule has 4 aliphatic heterocycles. The molecule has 0 aromatic carbocycles. The lowest BCUT2D eigenvalue weighted by Gasteiger charge is -2.51. The molecule has 20 heteroatoms. The lowest BCUT2D eigenvalue weighted by Crippen LogP contribution is -2.70. The first kappa shape index (κ1) is 36.5. The fourth-order valence-corrected chi connectivity index (χ4v) is 6.77. The Balaban J connectivity index is 1.27. The van der Waals surface area contributed by atoms with Crippen molar-refractivity contribution in [2.45, 2.75) is 141 Å². The summed E-state index contributed by atoms with van der Waals surface area (Å²) in [5, 5.41) is 76.3. The van der Waals surface area contributed by atoms with E-state index in [-0.39, 0.29) is 19.4 Å². The largest absolute Gasteiger partial charge is 0.394 e. The van der Waals surface area contributed by atoms with Gasteiger partial charge in [0.15, 0.2) is 25.2 Å². The van der Waals surface area contributed by atoms with Crippen LogP contribution in [-0.4, -0.2) is 185 Å². The Hall–Kier alpha value is -0.800. The van der Waals surface area contributed by atoms with Gasteiger partial charge in [0.25, 0.3) is 0 Å². The summed E-state index contributed by atoms with van der Waals surface area (Å²) >= 11 is 0. The van der Waals surface area contributed by atoms with E-state index in [4.69, 9.17) is 61.8 Å². The monoisotopic (exact) mass is 670 g/mol. The van der Waals surface area contributed by atoms with Crippen molar-refractivity contribution >= 4 is 0 Å². The Morgan fingerprint density at radius 3 is 1.89 bits per heavy atom. The van der Waals surface area contributed by atoms with Crippen molar-refractivity contribution in [1.82, 2.24) is 5.32 Å². The lowest BCUT2D eigenvalue weighted by atomic mass is 9.84. The Morgan fingerprint density at radius 2 is 1.26 bits per heavy atom. The van der Waals surface area contributed by atoms with E-state index in [1.165, 1.54) is 7.05 Å². The second-order valence-corrected chi connectivity index (χ2v) is 12.7. The van der Waals surface area contributed by atoms with E-state index < -0.39 is 135 Å². The van der Waals surface area contributed by atoms with Gasteiger partial charge >= 0.3 is 0 Å². The van der Waals surface area contributed by atoms with Crippen LogP contribution >= 0.6 is 0 Å². The molecule has 5 fully saturated rings. The van der Waals surface area contributed by atoms with Crippen molar-refractivity contribution in [3.63, 3.8) is 0 Å². The summed E-state index contributed by atoms with van der Waals surface area (Å²) in [6.45, 7) is -0.623. The normalized spacial score (nSPS) is 54.8. The fraction of sp³-hybridized carbons (Fsp3) is 1.00. The molecule has 4 saturated heterocycles. The molecule has 0 radical (unpaired) electrons. The van der Waals surface area contributed by atoms with Crippen molar-refractivity contribution < 1.29 is 68.9 Å². The lowest BCUT2D eigenvalue weighted by molar-refractivity contribution is -0.374. The van der Waals surface area contributed by atoms with Gasteiger partial charge in [-0.2, -0.15) is 0 Å². The summed E-state index contributed by atoms with van der Waals surface area (Å²) in [5.74, 6) is 0. The Kier molecular flexibility index (Phi) is 11.9. The number of ether oxygens (including phenoxy) is 7. The van der Waals surface area contributed by atoms with E-state index in [9.17, 15) is 35.7 Å². The van der Waals surface area contributed by atoms with Crippen molar-refractivity contribution in [3.05, 3.63) is 0 Å². The van der Waals surface area contributed by atoms with Crippen LogP contribution < -0.4 is 34.0 Å². The predicted molar refractivity (Wildman–Crippen MR) is 152 cm³/mol. The number of fused-ring (bicyclic) bond motifs is 1. The van der Waals surface area contributed by atoms with Gasteiger partial charge in [0, 0.05) is 18.6 Å². The number of likely N-dealkylation sites (N-methyl/N-ethyl adjacent to an activating group) is 1. The molecule has 1 saturated carbocycles. The first-order valence-corrected chi connectivity index (χ1v) is 15.5. The fourth-order valence-electron chi connectivity index (χ4n) is 6.77. The smallest absolute Gasteiger partial charge is 0.189 e. The SMILES string of the molecule is CN[C@@H]1[C@@H](O[C@H]2O[C@H](CO)[C@@H](N)[C@H](O)[C@H]2O)OC2C[C@@H](N)[C@@H](O[C@H]3[C@H](OC4O[C@H](CN)[C@@H](O)[C@H]4O)[C@@H](O)[C@H](N)C[C@@H]3N)OC2[C@@H]1O. The molecule has 1 aliphatic carbocycles. The van der Waals surface area contributed by atoms with Crippen LogP contribution in [0.4, 0.5) is 0 Å². The molecule has 20 nitrogen and oxygen atoms in total. The van der Waals surface area contributed by atoms with Crippen LogP contribution in [0.1, 0.15) is 12.8 Å². The summed E-state index contributed by atoms with van der Waals surface area (Å²) in [6.07, 6.45) is -19.5. The third-order valence-corrected chi connectivity index (χ3v) is 9.56. The van der Waals surface area contributed by atoms with Gasteiger partial charge in [-0.1, -0.05) is 0 Å². The molecule has 46 heavy (non-hydrogen) atoms. The minimum Gasteiger partial charge on any atom is -0.394 e. The zero-order valence-electron chi connectivity index (χ0n) is 25.3. The molecule has 268 valence electrons. The van der Waals surface area contributed by atoms with Crippen molar-refractivity contribution in [3.8, 4) is 0 Å². The molecular weight excluding hydrogens is 620 g/mol. The molecule has 0 aromatic heterocycles. The topological polar surface area (TPSA) is 348 Å². The standard InChI is InChI=1S/C26H50N6O14/c1-32-13-17(37)21-9(40-24(13)46-26-19(39)16(36)12(31)11(5-33)42-26)3-8(30)23(44-21)43-20-7(29)2-6(28)14(34)22(20)45-25-18(38)15(35)10(4-27)41-25/h6-26,32-39H,2-5,27-31H2,1H3/t6-,7+,8-,9?,10-,11-,12-,13+,14+,15-,16+,17-,18-,19-,20-,21?,22-,23+,24-,25?,26-/m1/s1. The number of aliphatic hydroxyl groups is 7. The Morgan fingerprint density at radius 1 is 0.630 bits per heavy atom. The van der Waals surface area contributed by atoms with Crippen molar-refractivity contribution in [2.24, 2.45) is 28.7 Å². The second-order valence-electron chi connectivity index (χ2n) is 12.7. The zero-order valence-corrected chi connectivity index (χ0v) is 25.3. The van der Waals surface area contributed by atoms with E-state index >= 15 is 0 Å². The molecule has 0 amide bonds. The van der Waals surface area contributed by atoms with Crippen LogP contribution in [-0.2, 0) is 33.2 Å². The van der Waals surface area contributed by atoms with Gasteiger partial charge < -0.3 is 103 Å². The average molecular weight is 671 g/mol. The number of nitrogens with one attached hydrogen (secondary N) is 1. The maximum atomic E-state index is 11.4. The number of rotatable bonds is 9. The summed E-state index contributed by atoms with van der Waals surface area (Å²) in [4.78, 5) is 0. The van der Waals surface area contributed by atoms with E-state index in [0.29, 0.717) is 0 Å².